The first-order valence-electron chi connectivity index (χ1n) is 11.6. The molecule has 2 nitrogen and oxygen atoms in total. The lowest BCUT2D eigenvalue weighted by Crippen LogP contribution is -2.39. The van der Waals surface area contributed by atoms with Gasteiger partial charge < -0.3 is 9.47 Å². The Balaban J connectivity index is 1.78. The fourth-order valence-corrected chi connectivity index (χ4v) is 5.14. The van der Waals surface area contributed by atoms with Gasteiger partial charge in [-0.3, -0.25) is 0 Å². The van der Waals surface area contributed by atoms with Crippen LogP contribution in [0.2, 0.25) is 0 Å². The predicted molar refractivity (Wildman–Crippen MR) is 135 cm³/mol. The predicted octanol–water partition coefficient (Wildman–Crippen LogP) is 7.56. The smallest absolute Gasteiger partial charge is 0.123 e. The van der Waals surface area contributed by atoms with Crippen LogP contribution in [0.3, 0.4) is 0 Å². The number of allylic oxidation sites excluding steroid dienone is 1. The quantitative estimate of drug-likeness (QED) is 0.291. The zero-order chi connectivity index (χ0) is 24.4. The zero-order valence-electron chi connectivity index (χ0n) is 19.7. The number of methoxy groups -OCH3 is 2. The van der Waals surface area contributed by atoms with Gasteiger partial charge in [-0.25, -0.2) is 8.78 Å². The van der Waals surface area contributed by atoms with Crippen molar-refractivity contribution in [1.82, 2.24) is 0 Å². The Hall–Kier alpha value is -3.92. The van der Waals surface area contributed by atoms with Crippen molar-refractivity contribution in [2.45, 2.75) is 18.3 Å². The molecule has 1 fully saturated rings. The second-order valence-electron chi connectivity index (χ2n) is 8.73. The lowest BCUT2D eigenvalue weighted by atomic mass is 9.55. The van der Waals surface area contributed by atoms with Gasteiger partial charge in [0.1, 0.15) is 23.1 Å². The topological polar surface area (TPSA) is 18.5 Å². The minimum Gasteiger partial charge on any atom is -0.497 e. The van der Waals surface area contributed by atoms with Crippen molar-refractivity contribution in [3.05, 3.63) is 137 Å². The Kier molecular flexibility index (Phi) is 6.12. The second-order valence-corrected chi connectivity index (χ2v) is 8.73. The summed E-state index contributed by atoms with van der Waals surface area (Å²) in [7, 11) is 3.30. The molecule has 5 rings (SSSR count). The molecule has 1 saturated carbocycles. The molecular weight excluding hydrogens is 442 g/mol. The average Bonchev–Trinajstić information content (AvgIpc) is 2.89. The second kappa shape index (κ2) is 9.38. The molecule has 0 spiro atoms. The maximum Gasteiger partial charge on any atom is 0.123 e. The number of ether oxygens (including phenoxy) is 2. The van der Waals surface area contributed by atoms with E-state index in [2.05, 4.69) is 24.3 Å². The number of hydrogen-bond acceptors (Lipinski definition) is 2. The Morgan fingerprint density at radius 3 is 1.31 bits per heavy atom. The third-order valence-electron chi connectivity index (χ3n) is 7.00. The normalized spacial score (nSPS) is 14.2. The van der Waals surface area contributed by atoms with Crippen molar-refractivity contribution in [2.75, 3.05) is 14.2 Å². The highest BCUT2D eigenvalue weighted by Gasteiger charge is 2.46. The van der Waals surface area contributed by atoms with Crippen LogP contribution in [0.1, 0.15) is 35.1 Å². The highest BCUT2D eigenvalue weighted by molar-refractivity contribution is 5.86. The van der Waals surface area contributed by atoms with Crippen molar-refractivity contribution >= 4 is 5.57 Å². The SMILES string of the molecule is COc1ccc(C(=C2CCC2(c2ccc(F)cc2)c2ccc(F)cc2)c2ccc(OC)cc2)cc1. The van der Waals surface area contributed by atoms with Crippen molar-refractivity contribution in [3.63, 3.8) is 0 Å². The van der Waals surface area contributed by atoms with E-state index in [1.54, 1.807) is 14.2 Å². The molecule has 0 unspecified atom stereocenters. The minimum absolute atomic E-state index is 0.279. The first-order valence-corrected chi connectivity index (χ1v) is 11.6. The number of hydrogen-bond donors (Lipinski definition) is 0. The van der Waals surface area contributed by atoms with E-state index in [1.807, 2.05) is 48.5 Å². The van der Waals surface area contributed by atoms with Gasteiger partial charge in [-0.05, 0) is 94.8 Å². The van der Waals surface area contributed by atoms with Gasteiger partial charge in [-0.15, -0.1) is 0 Å². The summed E-state index contributed by atoms with van der Waals surface area (Å²) in [6.45, 7) is 0. The van der Waals surface area contributed by atoms with E-state index in [1.165, 1.54) is 29.8 Å². The molecule has 4 aromatic carbocycles. The van der Waals surface area contributed by atoms with Crippen LogP contribution >= 0.6 is 0 Å². The van der Waals surface area contributed by atoms with Crippen LogP contribution in [0.25, 0.3) is 5.57 Å². The Bertz CT molecular complexity index is 1240. The van der Waals surface area contributed by atoms with Crippen LogP contribution < -0.4 is 9.47 Å². The van der Waals surface area contributed by atoms with Crippen molar-refractivity contribution < 1.29 is 18.3 Å². The molecule has 176 valence electrons. The van der Waals surface area contributed by atoms with Gasteiger partial charge in [0.05, 0.1) is 14.2 Å². The molecule has 1 aliphatic rings. The molecule has 0 N–H and O–H groups in total. The van der Waals surface area contributed by atoms with Crippen LogP contribution in [0.15, 0.2) is 103 Å². The summed E-state index contributed by atoms with van der Waals surface area (Å²) >= 11 is 0. The molecule has 0 bridgehead atoms. The molecule has 4 heteroatoms. The summed E-state index contributed by atoms with van der Waals surface area (Å²) in [4.78, 5) is 0. The molecule has 0 aromatic heterocycles. The largest absolute Gasteiger partial charge is 0.497 e. The fraction of sp³-hybridized carbons (Fsp3) is 0.161. The highest BCUT2D eigenvalue weighted by Crippen LogP contribution is 2.56. The Morgan fingerprint density at radius 2 is 1.00 bits per heavy atom. The standard InChI is InChI=1S/C31H26F2O2/c1-34-27-15-3-21(4-16-27)30(22-5-17-28(35-2)18-6-22)29-19-20-31(29,23-7-11-25(32)12-8-23)24-9-13-26(33)14-10-24/h3-18H,19-20H2,1-2H3. The Labute approximate surface area is 204 Å². The van der Waals surface area contributed by atoms with E-state index in [9.17, 15) is 8.78 Å². The molecule has 35 heavy (non-hydrogen) atoms. The van der Waals surface area contributed by atoms with Gasteiger partial charge in [0, 0.05) is 5.41 Å². The van der Waals surface area contributed by atoms with Crippen LogP contribution in [-0.2, 0) is 5.41 Å². The van der Waals surface area contributed by atoms with Crippen LogP contribution in [-0.4, -0.2) is 14.2 Å². The summed E-state index contributed by atoms with van der Waals surface area (Å²) in [5.41, 5.74) is 5.92. The maximum atomic E-state index is 13.9. The lowest BCUT2D eigenvalue weighted by molar-refractivity contribution is 0.414. The Morgan fingerprint density at radius 1 is 0.600 bits per heavy atom. The molecule has 0 heterocycles. The van der Waals surface area contributed by atoms with E-state index in [0.717, 1.165) is 52.2 Å². The average molecular weight is 469 g/mol. The fourth-order valence-electron chi connectivity index (χ4n) is 5.14. The molecule has 0 saturated heterocycles. The summed E-state index contributed by atoms with van der Waals surface area (Å²) in [6, 6.07) is 29.4. The monoisotopic (exact) mass is 468 g/mol. The number of benzene rings is 4. The van der Waals surface area contributed by atoms with Gasteiger partial charge in [-0.2, -0.15) is 0 Å². The molecule has 1 aliphatic carbocycles. The highest BCUT2D eigenvalue weighted by atomic mass is 19.1. The van der Waals surface area contributed by atoms with Crippen LogP contribution in [0.5, 0.6) is 11.5 Å². The van der Waals surface area contributed by atoms with Gasteiger partial charge in [0.25, 0.3) is 0 Å². The zero-order valence-corrected chi connectivity index (χ0v) is 19.7. The summed E-state index contributed by atoms with van der Waals surface area (Å²) in [5, 5.41) is 0. The van der Waals surface area contributed by atoms with Crippen molar-refractivity contribution in [2.24, 2.45) is 0 Å². The van der Waals surface area contributed by atoms with Gasteiger partial charge in [0.2, 0.25) is 0 Å². The van der Waals surface area contributed by atoms with Crippen LogP contribution in [0, 0.1) is 11.6 Å². The first-order chi connectivity index (χ1) is 17.0. The molecule has 0 radical (unpaired) electrons. The van der Waals surface area contributed by atoms with E-state index in [0.29, 0.717) is 0 Å². The van der Waals surface area contributed by atoms with Gasteiger partial charge in [-0.1, -0.05) is 48.5 Å². The molecule has 0 amide bonds. The molecular formula is C31H26F2O2. The summed E-state index contributed by atoms with van der Waals surface area (Å²) in [5.74, 6) is 1.01. The van der Waals surface area contributed by atoms with Gasteiger partial charge in [0.15, 0.2) is 0 Å². The van der Waals surface area contributed by atoms with E-state index in [-0.39, 0.29) is 11.6 Å². The molecule has 0 atom stereocenters. The van der Waals surface area contributed by atoms with Crippen LogP contribution in [0.4, 0.5) is 8.78 Å². The lowest BCUT2D eigenvalue weighted by Gasteiger charge is -2.48. The summed E-state index contributed by atoms with van der Waals surface area (Å²) < 4.78 is 38.6. The number of halogens is 2. The van der Waals surface area contributed by atoms with E-state index in [4.69, 9.17) is 9.47 Å². The van der Waals surface area contributed by atoms with E-state index >= 15 is 0 Å². The maximum absolute atomic E-state index is 13.9. The third kappa shape index (κ3) is 4.10. The summed E-state index contributed by atoms with van der Waals surface area (Å²) in [6.07, 6.45) is 1.71. The third-order valence-corrected chi connectivity index (χ3v) is 7.00. The minimum atomic E-state index is -0.489. The van der Waals surface area contributed by atoms with E-state index < -0.39 is 5.41 Å². The van der Waals surface area contributed by atoms with Gasteiger partial charge >= 0.3 is 0 Å². The molecule has 0 aliphatic heterocycles. The number of rotatable bonds is 6. The first kappa shape index (κ1) is 22.9. The van der Waals surface area contributed by atoms with Crippen molar-refractivity contribution in [1.29, 1.82) is 0 Å². The molecule has 4 aromatic rings. The van der Waals surface area contributed by atoms with Crippen molar-refractivity contribution in [3.8, 4) is 11.5 Å².